The Morgan fingerprint density at radius 1 is 1.00 bits per heavy atom. The molecule has 1 N–H and O–H groups in total. The normalized spacial score (nSPS) is 14.3. The summed E-state index contributed by atoms with van der Waals surface area (Å²) in [6.07, 6.45) is 1.56. The molecule has 1 aliphatic heterocycles. The van der Waals surface area contributed by atoms with E-state index in [9.17, 15) is 13.6 Å². The molecule has 11 heteroatoms. The van der Waals surface area contributed by atoms with Crippen molar-refractivity contribution in [1.29, 1.82) is 0 Å². The molecule has 5 rings (SSSR count). The van der Waals surface area contributed by atoms with Crippen LogP contribution in [0.5, 0.6) is 0 Å². The molecule has 3 aromatic heterocycles. The zero-order chi connectivity index (χ0) is 21.4. The Kier molecular flexibility index (Phi) is 4.69. The van der Waals surface area contributed by atoms with Crippen LogP contribution in [0.4, 0.5) is 25.1 Å². The van der Waals surface area contributed by atoms with E-state index in [0.29, 0.717) is 43.4 Å². The Balaban J connectivity index is 1.27. The predicted molar refractivity (Wildman–Crippen MR) is 108 cm³/mol. The highest BCUT2D eigenvalue weighted by Gasteiger charge is 2.23. The summed E-state index contributed by atoms with van der Waals surface area (Å²) in [5, 5.41) is 15.5. The monoisotopic (exact) mass is 425 g/mol. The number of hydrogen-bond donors (Lipinski definition) is 1. The van der Waals surface area contributed by atoms with Gasteiger partial charge in [-0.15, -0.1) is 15.3 Å². The number of amides is 2. The van der Waals surface area contributed by atoms with Gasteiger partial charge in [-0.3, -0.25) is 0 Å². The van der Waals surface area contributed by atoms with Gasteiger partial charge < -0.3 is 19.5 Å². The van der Waals surface area contributed by atoms with E-state index in [1.807, 2.05) is 17.0 Å². The Bertz CT molecular complexity index is 1230. The van der Waals surface area contributed by atoms with E-state index in [4.69, 9.17) is 4.42 Å². The van der Waals surface area contributed by atoms with Gasteiger partial charge in [-0.1, -0.05) is 0 Å². The smallest absolute Gasteiger partial charge is 0.321 e. The highest BCUT2D eigenvalue weighted by Crippen LogP contribution is 2.21. The second kappa shape index (κ2) is 7.67. The first-order valence-corrected chi connectivity index (χ1v) is 9.61. The molecular formula is C20H17F2N7O2. The van der Waals surface area contributed by atoms with E-state index in [1.54, 1.807) is 27.8 Å². The number of fused-ring (bicyclic) bond motifs is 1. The maximum absolute atomic E-state index is 13.3. The van der Waals surface area contributed by atoms with E-state index < -0.39 is 11.6 Å². The summed E-state index contributed by atoms with van der Waals surface area (Å²) in [4.78, 5) is 16.1. The first-order valence-electron chi connectivity index (χ1n) is 9.61. The number of hydrogen-bond acceptors (Lipinski definition) is 6. The lowest BCUT2D eigenvalue weighted by molar-refractivity contribution is 0.208. The van der Waals surface area contributed by atoms with Crippen LogP contribution in [0.1, 0.15) is 0 Å². The first-order chi connectivity index (χ1) is 15.1. The average Bonchev–Trinajstić information content (AvgIpc) is 3.45. The summed E-state index contributed by atoms with van der Waals surface area (Å²) in [5.41, 5.74) is 0.802. The summed E-state index contributed by atoms with van der Waals surface area (Å²) in [6.45, 7) is 2.01. The van der Waals surface area contributed by atoms with Gasteiger partial charge in [0.2, 0.25) is 5.82 Å². The van der Waals surface area contributed by atoms with Crippen LogP contribution in [0.15, 0.2) is 53.1 Å². The topological polar surface area (TPSA) is 91.8 Å². The Morgan fingerprint density at radius 2 is 1.84 bits per heavy atom. The summed E-state index contributed by atoms with van der Waals surface area (Å²) in [7, 11) is 0. The molecule has 0 spiro atoms. The van der Waals surface area contributed by atoms with Crippen LogP contribution in [-0.4, -0.2) is 56.9 Å². The van der Waals surface area contributed by atoms with E-state index in [2.05, 4.69) is 20.6 Å². The maximum atomic E-state index is 13.3. The van der Waals surface area contributed by atoms with E-state index in [-0.39, 0.29) is 11.7 Å². The van der Waals surface area contributed by atoms with Crippen molar-refractivity contribution in [3.63, 3.8) is 0 Å². The molecule has 0 bridgehead atoms. The van der Waals surface area contributed by atoms with Crippen molar-refractivity contribution < 1.29 is 18.0 Å². The number of benzene rings is 1. The fraction of sp³-hybridized carbons (Fsp3) is 0.200. The molecule has 1 aliphatic rings. The lowest BCUT2D eigenvalue weighted by Crippen LogP contribution is -2.50. The van der Waals surface area contributed by atoms with Crippen molar-refractivity contribution in [2.24, 2.45) is 0 Å². The molecule has 4 aromatic rings. The van der Waals surface area contributed by atoms with Crippen LogP contribution in [-0.2, 0) is 0 Å². The number of urea groups is 1. The minimum absolute atomic E-state index is 0.205. The SMILES string of the molecule is O=C(Nc1ccc(F)c(F)c1)N1CCN(c2ccc3nnc(-c4ccco4)n3n2)CC1. The van der Waals surface area contributed by atoms with Gasteiger partial charge in [0.1, 0.15) is 5.82 Å². The maximum Gasteiger partial charge on any atom is 0.321 e. The third kappa shape index (κ3) is 3.65. The van der Waals surface area contributed by atoms with E-state index in [0.717, 1.165) is 18.0 Å². The number of nitrogens with one attached hydrogen (secondary N) is 1. The Morgan fingerprint density at radius 3 is 2.58 bits per heavy atom. The molecule has 1 fully saturated rings. The molecule has 158 valence electrons. The van der Waals surface area contributed by atoms with Crippen LogP contribution in [0.3, 0.4) is 0 Å². The fourth-order valence-electron chi connectivity index (χ4n) is 3.42. The second-order valence-electron chi connectivity index (χ2n) is 7.00. The minimum atomic E-state index is -1.01. The second-order valence-corrected chi connectivity index (χ2v) is 7.00. The molecular weight excluding hydrogens is 408 g/mol. The molecule has 0 atom stereocenters. The van der Waals surface area contributed by atoms with Gasteiger partial charge in [-0.05, 0) is 36.4 Å². The zero-order valence-electron chi connectivity index (χ0n) is 16.2. The van der Waals surface area contributed by atoms with Crippen molar-refractivity contribution in [1.82, 2.24) is 24.7 Å². The van der Waals surface area contributed by atoms with Crippen LogP contribution in [0.2, 0.25) is 0 Å². The number of carbonyl (C=O) groups excluding carboxylic acids is 1. The summed E-state index contributed by atoms with van der Waals surface area (Å²) in [5.74, 6) is -0.172. The highest BCUT2D eigenvalue weighted by molar-refractivity contribution is 5.89. The van der Waals surface area contributed by atoms with Gasteiger partial charge >= 0.3 is 6.03 Å². The third-order valence-corrected chi connectivity index (χ3v) is 5.05. The number of furan rings is 1. The molecule has 4 heterocycles. The van der Waals surface area contributed by atoms with E-state index >= 15 is 0 Å². The van der Waals surface area contributed by atoms with Gasteiger partial charge in [0, 0.05) is 37.9 Å². The molecule has 1 aromatic carbocycles. The van der Waals surface area contributed by atoms with Gasteiger partial charge in [-0.25, -0.2) is 13.6 Å². The molecule has 0 saturated carbocycles. The van der Waals surface area contributed by atoms with Gasteiger partial charge in [0.25, 0.3) is 0 Å². The number of aromatic nitrogens is 4. The fourth-order valence-corrected chi connectivity index (χ4v) is 3.42. The van der Waals surface area contributed by atoms with Gasteiger partial charge in [0.15, 0.2) is 23.0 Å². The predicted octanol–water partition coefficient (Wildman–Crippen LogP) is 3.02. The van der Waals surface area contributed by atoms with Gasteiger partial charge in [-0.2, -0.15) is 4.52 Å². The largest absolute Gasteiger partial charge is 0.461 e. The third-order valence-electron chi connectivity index (χ3n) is 5.05. The van der Waals surface area contributed by atoms with Crippen LogP contribution < -0.4 is 10.2 Å². The highest BCUT2D eigenvalue weighted by atomic mass is 19.2. The molecule has 0 radical (unpaired) electrons. The van der Waals surface area contributed by atoms with Crippen LogP contribution in [0, 0.1) is 11.6 Å². The number of piperazine rings is 1. The van der Waals surface area contributed by atoms with Crippen LogP contribution >= 0.6 is 0 Å². The average molecular weight is 425 g/mol. The van der Waals surface area contributed by atoms with E-state index in [1.165, 1.54) is 6.07 Å². The molecule has 31 heavy (non-hydrogen) atoms. The zero-order valence-corrected chi connectivity index (χ0v) is 16.2. The summed E-state index contributed by atoms with van der Waals surface area (Å²) in [6, 6.07) is 10.1. The Labute approximate surface area is 174 Å². The molecule has 0 unspecified atom stereocenters. The van der Waals surface area contributed by atoms with Crippen LogP contribution in [0.25, 0.3) is 17.2 Å². The standard InChI is InChI=1S/C20H17F2N7O2/c21-14-4-3-13(12-15(14)22)23-20(30)28-9-7-27(8-10-28)18-6-5-17-24-25-19(29(17)26-18)16-2-1-11-31-16/h1-6,11-12H,7-10H2,(H,23,30). The number of halogens is 2. The van der Waals surface area contributed by atoms with Crippen molar-refractivity contribution in [3.05, 3.63) is 60.4 Å². The van der Waals surface area contributed by atoms with Crippen molar-refractivity contribution in [2.75, 3.05) is 36.4 Å². The first kappa shape index (κ1) is 19.0. The van der Waals surface area contributed by atoms with Gasteiger partial charge in [0.05, 0.1) is 6.26 Å². The summed E-state index contributed by atoms with van der Waals surface area (Å²) >= 11 is 0. The van der Waals surface area contributed by atoms with Crippen molar-refractivity contribution >= 4 is 23.2 Å². The number of rotatable bonds is 3. The Hall–Kier alpha value is -4.02. The molecule has 1 saturated heterocycles. The lowest BCUT2D eigenvalue weighted by atomic mass is 10.3. The molecule has 0 aliphatic carbocycles. The van der Waals surface area contributed by atoms with Crippen molar-refractivity contribution in [2.45, 2.75) is 0 Å². The molecule has 2 amide bonds. The molecule has 9 nitrogen and oxygen atoms in total. The van der Waals surface area contributed by atoms with Crippen molar-refractivity contribution in [3.8, 4) is 11.6 Å². The number of anilines is 2. The minimum Gasteiger partial charge on any atom is -0.461 e. The summed E-state index contributed by atoms with van der Waals surface area (Å²) < 4.78 is 33.4. The quantitative estimate of drug-likeness (QED) is 0.543. The lowest BCUT2D eigenvalue weighted by Gasteiger charge is -2.35. The number of carbonyl (C=O) groups is 1. The number of nitrogens with zero attached hydrogens (tertiary/aromatic N) is 6.